The summed E-state index contributed by atoms with van der Waals surface area (Å²) in [6.07, 6.45) is 6.68. The van der Waals surface area contributed by atoms with E-state index in [1.54, 1.807) is 0 Å². The first-order chi connectivity index (χ1) is 9.11. The molecule has 0 unspecified atom stereocenters. The third-order valence-electron chi connectivity index (χ3n) is 2.41. The molecular weight excluding hydrogens is 268 g/mol. The number of hydrogen-bond acceptors (Lipinski definition) is 4. The number of ether oxygens (including phenoxy) is 2. The highest BCUT2D eigenvalue weighted by Crippen LogP contribution is 2.06. The first-order valence-corrected chi connectivity index (χ1v) is 7.20. The Morgan fingerprint density at radius 1 is 0.947 bits per heavy atom. The van der Waals surface area contributed by atoms with Crippen molar-refractivity contribution in [1.29, 1.82) is 0 Å². The van der Waals surface area contributed by atoms with Crippen LogP contribution in [0.1, 0.15) is 52.4 Å². The van der Waals surface area contributed by atoms with Gasteiger partial charge in [-0.1, -0.05) is 51.1 Å². The second kappa shape index (κ2) is 12.0. The number of halogens is 1. The van der Waals surface area contributed by atoms with Gasteiger partial charge in [-0.25, -0.2) is 9.59 Å². The average Bonchev–Trinajstić information content (AvgIpc) is 2.39. The summed E-state index contributed by atoms with van der Waals surface area (Å²) in [7, 11) is 0. The number of esters is 2. The zero-order valence-electron chi connectivity index (χ0n) is 11.7. The van der Waals surface area contributed by atoms with Gasteiger partial charge in [0.15, 0.2) is 0 Å². The molecule has 0 spiro atoms. The lowest BCUT2D eigenvalue weighted by molar-refractivity contribution is -0.141. The highest BCUT2D eigenvalue weighted by molar-refractivity contribution is 6.42. The third kappa shape index (κ3) is 10.6. The van der Waals surface area contributed by atoms with Gasteiger partial charge >= 0.3 is 11.9 Å². The molecule has 0 atom stereocenters. The predicted octanol–water partition coefficient (Wildman–Crippen LogP) is 3.58. The van der Waals surface area contributed by atoms with E-state index in [4.69, 9.17) is 21.1 Å². The van der Waals surface area contributed by atoms with Gasteiger partial charge in [0, 0.05) is 6.08 Å². The maximum absolute atomic E-state index is 11.4. The first-order valence-electron chi connectivity index (χ1n) is 6.82. The molecule has 4 nitrogen and oxygen atoms in total. The number of carbonyl (C=O) groups is 2. The van der Waals surface area contributed by atoms with Crippen LogP contribution in [0.15, 0.2) is 11.1 Å². The molecule has 0 aromatic carbocycles. The molecule has 0 aromatic rings. The van der Waals surface area contributed by atoms with E-state index >= 15 is 0 Å². The first kappa shape index (κ1) is 18.0. The summed E-state index contributed by atoms with van der Waals surface area (Å²) in [5.41, 5.74) is 0. The molecule has 0 radical (unpaired) electrons. The SMILES string of the molecule is CCCCCOC(=O)/C=C(\Cl)C(=O)OCCCCC. The Labute approximate surface area is 120 Å². The van der Waals surface area contributed by atoms with Crippen molar-refractivity contribution in [1.82, 2.24) is 0 Å². The van der Waals surface area contributed by atoms with Crippen molar-refractivity contribution in [2.24, 2.45) is 0 Å². The molecule has 0 aliphatic carbocycles. The van der Waals surface area contributed by atoms with E-state index in [2.05, 4.69) is 13.8 Å². The number of carbonyl (C=O) groups excluding carboxylic acids is 2. The number of rotatable bonds is 10. The minimum Gasteiger partial charge on any atom is -0.462 e. The van der Waals surface area contributed by atoms with Gasteiger partial charge in [0.05, 0.1) is 13.2 Å². The summed E-state index contributed by atoms with van der Waals surface area (Å²) in [5, 5.41) is -0.239. The van der Waals surface area contributed by atoms with E-state index in [1.165, 1.54) is 0 Å². The summed E-state index contributed by atoms with van der Waals surface area (Å²) in [5.74, 6) is -1.28. The Bertz CT molecular complexity index is 300. The molecule has 0 aromatic heterocycles. The minimum atomic E-state index is -0.678. The van der Waals surface area contributed by atoms with Crippen LogP contribution in [-0.4, -0.2) is 25.2 Å². The van der Waals surface area contributed by atoms with E-state index in [9.17, 15) is 9.59 Å². The van der Waals surface area contributed by atoms with Gasteiger partial charge in [-0.2, -0.15) is 0 Å². The van der Waals surface area contributed by atoms with Crippen molar-refractivity contribution in [2.75, 3.05) is 13.2 Å². The minimum absolute atomic E-state index is 0.239. The molecule has 0 heterocycles. The Morgan fingerprint density at radius 3 is 2.00 bits per heavy atom. The van der Waals surface area contributed by atoms with Gasteiger partial charge in [-0.15, -0.1) is 0 Å². The standard InChI is InChI=1S/C14H23ClO4/c1-3-5-7-9-18-13(16)11-12(15)14(17)19-10-8-6-4-2/h11H,3-10H2,1-2H3/b12-11-. The van der Waals surface area contributed by atoms with Crippen molar-refractivity contribution in [3.63, 3.8) is 0 Å². The Kier molecular flexibility index (Phi) is 11.4. The molecular formula is C14H23ClO4. The molecule has 5 heteroatoms. The van der Waals surface area contributed by atoms with Crippen molar-refractivity contribution in [2.45, 2.75) is 52.4 Å². The second-order valence-electron chi connectivity index (χ2n) is 4.21. The van der Waals surface area contributed by atoms with E-state index in [0.717, 1.165) is 44.6 Å². The summed E-state index contributed by atoms with van der Waals surface area (Å²) in [6, 6.07) is 0. The van der Waals surface area contributed by atoms with Crippen LogP contribution in [0.5, 0.6) is 0 Å². The van der Waals surface area contributed by atoms with Crippen LogP contribution >= 0.6 is 11.6 Å². The average molecular weight is 291 g/mol. The third-order valence-corrected chi connectivity index (χ3v) is 2.68. The fourth-order valence-corrected chi connectivity index (χ4v) is 1.46. The van der Waals surface area contributed by atoms with Gasteiger partial charge < -0.3 is 9.47 Å². The summed E-state index contributed by atoms with van der Waals surface area (Å²) >= 11 is 5.66. The van der Waals surface area contributed by atoms with Crippen molar-refractivity contribution in [3.8, 4) is 0 Å². The molecule has 0 saturated carbocycles. The topological polar surface area (TPSA) is 52.6 Å². The number of unbranched alkanes of at least 4 members (excludes halogenated alkanes) is 4. The van der Waals surface area contributed by atoms with Crippen LogP contribution in [-0.2, 0) is 19.1 Å². The lowest BCUT2D eigenvalue weighted by Crippen LogP contribution is -2.09. The zero-order valence-corrected chi connectivity index (χ0v) is 12.5. The molecule has 19 heavy (non-hydrogen) atoms. The quantitative estimate of drug-likeness (QED) is 0.351. The zero-order chi connectivity index (χ0) is 14.5. The Morgan fingerprint density at radius 2 is 1.47 bits per heavy atom. The van der Waals surface area contributed by atoms with Crippen LogP contribution in [0.2, 0.25) is 0 Å². The van der Waals surface area contributed by atoms with Gasteiger partial charge in [0.25, 0.3) is 0 Å². The normalized spacial score (nSPS) is 11.2. The summed E-state index contributed by atoms with van der Waals surface area (Å²) in [4.78, 5) is 22.7. The van der Waals surface area contributed by atoms with Crippen LogP contribution < -0.4 is 0 Å². The van der Waals surface area contributed by atoms with Gasteiger partial charge in [-0.3, -0.25) is 0 Å². The molecule has 0 fully saturated rings. The fourth-order valence-electron chi connectivity index (χ4n) is 1.31. The van der Waals surface area contributed by atoms with Crippen LogP contribution in [0.4, 0.5) is 0 Å². The highest BCUT2D eigenvalue weighted by Gasteiger charge is 2.10. The molecule has 0 aliphatic heterocycles. The van der Waals surface area contributed by atoms with Crippen LogP contribution in [0, 0.1) is 0 Å². The maximum atomic E-state index is 11.4. The van der Waals surface area contributed by atoms with E-state index in [-0.39, 0.29) is 5.03 Å². The second-order valence-corrected chi connectivity index (χ2v) is 4.62. The van der Waals surface area contributed by atoms with E-state index in [1.807, 2.05) is 0 Å². The molecule has 0 bridgehead atoms. The van der Waals surface area contributed by atoms with Gasteiger partial charge in [0.2, 0.25) is 0 Å². The monoisotopic (exact) mass is 290 g/mol. The van der Waals surface area contributed by atoms with Gasteiger partial charge in [0.1, 0.15) is 5.03 Å². The highest BCUT2D eigenvalue weighted by atomic mass is 35.5. The van der Waals surface area contributed by atoms with Crippen molar-refractivity contribution in [3.05, 3.63) is 11.1 Å². The Balaban J connectivity index is 3.88. The molecule has 0 amide bonds. The van der Waals surface area contributed by atoms with E-state index < -0.39 is 11.9 Å². The van der Waals surface area contributed by atoms with Crippen molar-refractivity contribution < 1.29 is 19.1 Å². The largest absolute Gasteiger partial charge is 0.462 e. The maximum Gasteiger partial charge on any atom is 0.350 e. The predicted molar refractivity (Wildman–Crippen MR) is 74.9 cm³/mol. The Hall–Kier alpha value is -1.03. The van der Waals surface area contributed by atoms with Crippen molar-refractivity contribution >= 4 is 23.5 Å². The summed E-state index contributed by atoms with van der Waals surface area (Å²) in [6.45, 7) is 4.79. The lowest BCUT2D eigenvalue weighted by Gasteiger charge is -2.03. The molecule has 110 valence electrons. The van der Waals surface area contributed by atoms with Crippen LogP contribution in [0.3, 0.4) is 0 Å². The molecule has 0 saturated heterocycles. The smallest absolute Gasteiger partial charge is 0.350 e. The fraction of sp³-hybridized carbons (Fsp3) is 0.714. The lowest BCUT2D eigenvalue weighted by atomic mass is 10.3. The van der Waals surface area contributed by atoms with E-state index in [0.29, 0.717) is 13.2 Å². The van der Waals surface area contributed by atoms with Gasteiger partial charge in [-0.05, 0) is 12.8 Å². The molecule has 0 N–H and O–H groups in total. The number of hydrogen-bond donors (Lipinski definition) is 0. The molecule has 0 aliphatic rings. The summed E-state index contributed by atoms with van der Waals surface area (Å²) < 4.78 is 9.80. The van der Waals surface area contributed by atoms with Crippen LogP contribution in [0.25, 0.3) is 0 Å². The molecule has 0 rings (SSSR count).